The second kappa shape index (κ2) is 8.69. The van der Waals surface area contributed by atoms with E-state index in [-0.39, 0.29) is 10.7 Å². The number of esters is 1. The van der Waals surface area contributed by atoms with E-state index < -0.39 is 0 Å². The third-order valence-corrected chi connectivity index (χ3v) is 4.83. The Balaban J connectivity index is 1.86. The minimum Gasteiger partial charge on any atom is -0.465 e. The molecule has 0 saturated heterocycles. The molecule has 126 valence electrons. The lowest BCUT2D eigenvalue weighted by Gasteiger charge is -2.18. The molecule has 0 saturated carbocycles. The highest BCUT2D eigenvalue weighted by Gasteiger charge is 2.15. The number of rotatable bonds is 7. The SMILES string of the molecule is COC(=O)c1ccc(CN=CC(C)(C)SCc2ccccc2)cc1. The van der Waals surface area contributed by atoms with Gasteiger partial charge in [0.1, 0.15) is 0 Å². The van der Waals surface area contributed by atoms with E-state index in [0.717, 1.165) is 11.3 Å². The average Bonchev–Trinajstić information content (AvgIpc) is 2.61. The molecular weight excluding hydrogens is 318 g/mol. The topological polar surface area (TPSA) is 38.7 Å². The molecule has 2 rings (SSSR count). The van der Waals surface area contributed by atoms with Gasteiger partial charge in [-0.25, -0.2) is 4.79 Å². The summed E-state index contributed by atoms with van der Waals surface area (Å²) in [5, 5.41) is 0. The van der Waals surface area contributed by atoms with Crippen LogP contribution >= 0.6 is 11.8 Å². The van der Waals surface area contributed by atoms with E-state index in [0.29, 0.717) is 12.1 Å². The monoisotopic (exact) mass is 341 g/mol. The Bertz CT molecular complexity index is 679. The van der Waals surface area contributed by atoms with Gasteiger partial charge in [-0.05, 0) is 37.1 Å². The predicted molar refractivity (Wildman–Crippen MR) is 102 cm³/mol. The van der Waals surface area contributed by atoms with Crippen LogP contribution in [-0.2, 0) is 17.0 Å². The van der Waals surface area contributed by atoms with Crippen LogP contribution < -0.4 is 0 Å². The van der Waals surface area contributed by atoms with Gasteiger partial charge in [0.05, 0.1) is 19.2 Å². The van der Waals surface area contributed by atoms with Crippen molar-refractivity contribution in [3.8, 4) is 0 Å². The second-order valence-electron chi connectivity index (χ2n) is 6.04. The van der Waals surface area contributed by atoms with Crippen LogP contribution in [0.2, 0.25) is 0 Å². The molecule has 0 atom stereocenters. The zero-order valence-electron chi connectivity index (χ0n) is 14.4. The number of hydrogen-bond donors (Lipinski definition) is 0. The van der Waals surface area contributed by atoms with Gasteiger partial charge in [-0.3, -0.25) is 4.99 Å². The Labute approximate surface area is 148 Å². The number of carbonyl (C=O) groups excluding carboxylic acids is 1. The molecule has 2 aromatic rings. The quantitative estimate of drug-likeness (QED) is 0.538. The number of benzene rings is 2. The molecule has 0 amide bonds. The first-order valence-electron chi connectivity index (χ1n) is 7.86. The predicted octanol–water partition coefficient (Wildman–Crippen LogP) is 4.76. The fraction of sp³-hybridized carbons (Fsp3) is 0.300. The van der Waals surface area contributed by atoms with E-state index in [9.17, 15) is 4.79 Å². The summed E-state index contributed by atoms with van der Waals surface area (Å²) in [7, 11) is 1.38. The van der Waals surface area contributed by atoms with Crippen LogP contribution in [0.15, 0.2) is 59.6 Å². The molecule has 0 radical (unpaired) electrons. The smallest absolute Gasteiger partial charge is 0.337 e. The van der Waals surface area contributed by atoms with E-state index in [1.807, 2.05) is 36.2 Å². The molecule has 2 aromatic carbocycles. The molecule has 0 spiro atoms. The van der Waals surface area contributed by atoms with Crippen molar-refractivity contribution >= 4 is 23.9 Å². The third kappa shape index (κ3) is 5.85. The summed E-state index contributed by atoms with van der Waals surface area (Å²) in [6.07, 6.45) is 2.01. The standard InChI is InChI=1S/C20H23NO2S/c1-20(2,24-14-17-7-5-4-6-8-17)15-21-13-16-9-11-18(12-10-16)19(22)23-3/h4-12,15H,13-14H2,1-3H3. The summed E-state index contributed by atoms with van der Waals surface area (Å²) in [5.74, 6) is 0.650. The summed E-state index contributed by atoms with van der Waals surface area (Å²) in [6, 6.07) is 17.8. The maximum atomic E-state index is 11.4. The highest BCUT2D eigenvalue weighted by molar-refractivity contribution is 8.00. The van der Waals surface area contributed by atoms with E-state index in [4.69, 9.17) is 4.74 Å². The molecule has 0 unspecified atom stereocenters. The zero-order valence-corrected chi connectivity index (χ0v) is 15.2. The minimum absolute atomic E-state index is 0.0260. The van der Waals surface area contributed by atoms with Crippen molar-refractivity contribution in [3.63, 3.8) is 0 Å². The first-order chi connectivity index (χ1) is 11.5. The van der Waals surface area contributed by atoms with Crippen molar-refractivity contribution in [2.75, 3.05) is 7.11 Å². The Hall–Kier alpha value is -2.07. The van der Waals surface area contributed by atoms with E-state index >= 15 is 0 Å². The van der Waals surface area contributed by atoms with E-state index in [1.165, 1.54) is 12.7 Å². The van der Waals surface area contributed by atoms with Crippen molar-refractivity contribution in [1.29, 1.82) is 0 Å². The van der Waals surface area contributed by atoms with Crippen LogP contribution in [-0.4, -0.2) is 24.0 Å². The van der Waals surface area contributed by atoms with Gasteiger partial charge >= 0.3 is 5.97 Å². The average molecular weight is 341 g/mol. The molecule has 0 fully saturated rings. The summed E-state index contributed by atoms with van der Waals surface area (Å²) < 4.78 is 4.67. The Morgan fingerprint density at radius 2 is 1.75 bits per heavy atom. The lowest BCUT2D eigenvalue weighted by molar-refractivity contribution is 0.0600. The lowest BCUT2D eigenvalue weighted by Crippen LogP contribution is -2.16. The molecular formula is C20H23NO2S. The van der Waals surface area contributed by atoms with E-state index in [1.54, 1.807) is 12.1 Å². The fourth-order valence-corrected chi connectivity index (χ4v) is 3.00. The minimum atomic E-state index is -0.316. The maximum absolute atomic E-state index is 11.4. The largest absolute Gasteiger partial charge is 0.465 e. The molecule has 0 aliphatic carbocycles. The van der Waals surface area contributed by atoms with Crippen molar-refractivity contribution in [2.24, 2.45) is 4.99 Å². The molecule has 0 aliphatic heterocycles. The van der Waals surface area contributed by atoms with Gasteiger partial charge in [0.15, 0.2) is 0 Å². The number of nitrogens with zero attached hydrogens (tertiary/aromatic N) is 1. The summed E-state index contributed by atoms with van der Waals surface area (Å²) in [4.78, 5) is 16.0. The van der Waals surface area contributed by atoms with Gasteiger partial charge < -0.3 is 4.74 Å². The van der Waals surface area contributed by atoms with Crippen LogP contribution in [0.25, 0.3) is 0 Å². The molecule has 24 heavy (non-hydrogen) atoms. The van der Waals surface area contributed by atoms with Crippen molar-refractivity contribution in [3.05, 3.63) is 71.3 Å². The van der Waals surface area contributed by atoms with Crippen LogP contribution in [0.1, 0.15) is 35.3 Å². The third-order valence-electron chi connectivity index (χ3n) is 3.50. The lowest BCUT2D eigenvalue weighted by atomic mass is 10.1. The number of hydrogen-bond acceptors (Lipinski definition) is 4. The van der Waals surface area contributed by atoms with Gasteiger partial charge in [-0.2, -0.15) is 0 Å². The molecule has 0 aromatic heterocycles. The summed E-state index contributed by atoms with van der Waals surface area (Å²) in [5.41, 5.74) is 2.95. The summed E-state index contributed by atoms with van der Waals surface area (Å²) >= 11 is 1.87. The fourth-order valence-electron chi connectivity index (χ4n) is 2.12. The Morgan fingerprint density at radius 3 is 2.38 bits per heavy atom. The Morgan fingerprint density at radius 1 is 1.08 bits per heavy atom. The normalized spacial score (nSPS) is 11.6. The van der Waals surface area contributed by atoms with Gasteiger partial charge in [0.2, 0.25) is 0 Å². The molecule has 4 heteroatoms. The number of methoxy groups -OCH3 is 1. The zero-order chi connectivity index (χ0) is 17.4. The van der Waals surface area contributed by atoms with Crippen molar-refractivity contribution < 1.29 is 9.53 Å². The van der Waals surface area contributed by atoms with Gasteiger partial charge in [0, 0.05) is 16.7 Å². The van der Waals surface area contributed by atoms with Gasteiger partial charge in [-0.15, -0.1) is 11.8 Å². The first kappa shape index (κ1) is 18.3. The van der Waals surface area contributed by atoms with Crippen LogP contribution in [0.4, 0.5) is 0 Å². The van der Waals surface area contributed by atoms with Crippen LogP contribution in [0.3, 0.4) is 0 Å². The van der Waals surface area contributed by atoms with Crippen molar-refractivity contribution in [1.82, 2.24) is 0 Å². The second-order valence-corrected chi connectivity index (χ2v) is 7.67. The summed E-state index contributed by atoms with van der Waals surface area (Å²) in [6.45, 7) is 4.95. The van der Waals surface area contributed by atoms with Crippen molar-refractivity contribution in [2.45, 2.75) is 30.9 Å². The highest BCUT2D eigenvalue weighted by atomic mass is 32.2. The number of aliphatic imine (C=N–C) groups is 1. The molecule has 0 bridgehead atoms. The molecule has 0 aliphatic rings. The molecule has 0 heterocycles. The number of carbonyl (C=O) groups is 1. The molecule has 3 nitrogen and oxygen atoms in total. The van der Waals surface area contributed by atoms with Gasteiger partial charge in [-0.1, -0.05) is 42.5 Å². The molecule has 0 N–H and O–H groups in total. The number of thioether (sulfide) groups is 1. The van der Waals surface area contributed by atoms with Gasteiger partial charge in [0.25, 0.3) is 0 Å². The van der Waals surface area contributed by atoms with E-state index in [2.05, 4.69) is 43.1 Å². The first-order valence-corrected chi connectivity index (χ1v) is 8.85. The Kier molecular flexibility index (Phi) is 6.62. The van der Waals surface area contributed by atoms with Crippen LogP contribution in [0.5, 0.6) is 0 Å². The maximum Gasteiger partial charge on any atom is 0.337 e. The number of ether oxygens (including phenoxy) is 1. The highest BCUT2D eigenvalue weighted by Crippen LogP contribution is 2.26. The van der Waals surface area contributed by atoms with Crippen LogP contribution in [0, 0.1) is 0 Å².